The maximum absolute atomic E-state index is 5.38. The van der Waals surface area contributed by atoms with Crippen LogP contribution in [0.15, 0.2) is 43.8 Å². The van der Waals surface area contributed by atoms with Crippen LogP contribution >= 0.6 is 11.8 Å². The zero-order valence-corrected chi connectivity index (χ0v) is 14.4. The fraction of sp³-hybridized carbons (Fsp3) is 0.250. The van der Waals surface area contributed by atoms with Crippen LogP contribution in [0.3, 0.4) is 0 Å². The van der Waals surface area contributed by atoms with Crippen molar-refractivity contribution in [1.82, 2.24) is 0 Å². The summed E-state index contributed by atoms with van der Waals surface area (Å²) in [4.78, 5) is 4.56. The monoisotopic (exact) mass is 336 g/mol. The first-order chi connectivity index (χ1) is 10.7. The van der Waals surface area contributed by atoms with Crippen molar-refractivity contribution < 1.29 is 18.9 Å². The van der Waals surface area contributed by atoms with Crippen LogP contribution in [0.5, 0.6) is 23.0 Å². The summed E-state index contributed by atoms with van der Waals surface area (Å²) in [6.45, 7) is 0. The molecule has 2 aromatic carbocycles. The summed E-state index contributed by atoms with van der Waals surface area (Å²) in [6, 6.07) is 8.02. The average molecular weight is 336 g/mol. The van der Waals surface area contributed by atoms with E-state index in [0.717, 1.165) is 42.6 Å². The molecule has 0 unspecified atom stereocenters. The number of hydrogen-bond acceptors (Lipinski definition) is 6. The Balaban J connectivity index is 2.05. The van der Waals surface area contributed by atoms with E-state index in [-0.39, 0.29) is 0 Å². The molecule has 1 aliphatic rings. The molecule has 6 heteroatoms. The summed E-state index contributed by atoms with van der Waals surface area (Å²) in [5.74, 6) is 2.94. The lowest BCUT2D eigenvalue weighted by Gasteiger charge is -2.14. The Kier molecular flexibility index (Phi) is 4.31. The Labute approximate surface area is 138 Å². The second-order valence-corrected chi connectivity index (χ2v) is 6.68. The molecule has 1 radical (unpaired) electrons. The van der Waals surface area contributed by atoms with E-state index in [2.05, 4.69) is 0 Å². The first kappa shape index (κ1) is 15.2. The molecule has 0 fully saturated rings. The van der Waals surface area contributed by atoms with E-state index >= 15 is 0 Å². The molecule has 0 saturated carbocycles. The van der Waals surface area contributed by atoms with Crippen molar-refractivity contribution in [3.63, 3.8) is 0 Å². The van der Waals surface area contributed by atoms with Gasteiger partial charge in [0.05, 0.1) is 38.2 Å². The van der Waals surface area contributed by atoms with Crippen LogP contribution in [0.4, 0.5) is 0 Å². The zero-order chi connectivity index (χ0) is 15.7. The van der Waals surface area contributed by atoms with Gasteiger partial charge in [-0.3, -0.25) is 0 Å². The van der Waals surface area contributed by atoms with Crippen LogP contribution < -0.4 is 18.9 Å². The number of fused-ring (bicyclic) bond motifs is 2. The predicted octanol–water partition coefficient (Wildman–Crippen LogP) is 3.69. The predicted molar refractivity (Wildman–Crippen MR) is 87.1 cm³/mol. The molecule has 0 aliphatic carbocycles. The Morgan fingerprint density at radius 2 is 1.00 bits per heavy atom. The Hall–Kier alpha value is -1.66. The smallest absolute Gasteiger partial charge is 0.287 e. The number of rotatable bonds is 4. The van der Waals surface area contributed by atoms with Gasteiger partial charge in [0.15, 0.2) is 23.0 Å². The van der Waals surface area contributed by atoms with E-state index in [4.69, 9.17) is 18.9 Å². The summed E-state index contributed by atoms with van der Waals surface area (Å²) in [7, 11) is 6.58. The maximum Gasteiger partial charge on any atom is 0.287 e. The van der Waals surface area contributed by atoms with Gasteiger partial charge < -0.3 is 18.9 Å². The largest absolute Gasteiger partial charge is 0.493 e. The third-order valence-electron chi connectivity index (χ3n) is 3.34. The van der Waals surface area contributed by atoms with Gasteiger partial charge in [-0.25, -0.2) is 0 Å². The fourth-order valence-electron chi connectivity index (χ4n) is 2.24. The molecule has 115 valence electrons. The van der Waals surface area contributed by atoms with Gasteiger partial charge in [0, 0.05) is 24.3 Å². The first-order valence-electron chi connectivity index (χ1n) is 6.58. The van der Waals surface area contributed by atoms with Gasteiger partial charge in [0.1, 0.15) is 0 Å². The molecule has 0 N–H and O–H groups in total. The second kappa shape index (κ2) is 6.22. The third-order valence-corrected chi connectivity index (χ3v) is 5.83. The highest BCUT2D eigenvalue weighted by molar-refractivity contribution is 8.00. The third kappa shape index (κ3) is 2.57. The lowest BCUT2D eigenvalue weighted by atomic mass is 10.3. The molecule has 2 aromatic rings. The van der Waals surface area contributed by atoms with Crippen molar-refractivity contribution in [1.29, 1.82) is 0 Å². The van der Waals surface area contributed by atoms with Gasteiger partial charge in [-0.15, -0.1) is 0 Å². The molecule has 0 saturated heterocycles. The molecule has 0 bridgehead atoms. The summed E-state index contributed by atoms with van der Waals surface area (Å²) in [5, 5.41) is 0. The number of benzene rings is 2. The summed E-state index contributed by atoms with van der Waals surface area (Å²) in [5.41, 5.74) is 0. The molecule has 3 rings (SSSR count). The molecule has 0 spiro atoms. The zero-order valence-electron chi connectivity index (χ0n) is 12.8. The van der Waals surface area contributed by atoms with Crippen molar-refractivity contribution in [3.8, 4) is 23.0 Å². The molecule has 4 nitrogen and oxygen atoms in total. The molecule has 0 amide bonds. The fourth-order valence-corrected chi connectivity index (χ4v) is 4.52. The van der Waals surface area contributed by atoms with Gasteiger partial charge in [0.25, 0.3) is 11.8 Å². The SMILES string of the molecule is COc1cc2c(cc1OC)[S+]c1cc(OC)c(OC)cc1S2. The van der Waals surface area contributed by atoms with Gasteiger partial charge in [-0.2, -0.15) is 0 Å². The van der Waals surface area contributed by atoms with Crippen LogP contribution in [0.25, 0.3) is 0 Å². The van der Waals surface area contributed by atoms with E-state index in [1.807, 2.05) is 24.3 Å². The van der Waals surface area contributed by atoms with E-state index in [9.17, 15) is 0 Å². The number of ether oxygens (including phenoxy) is 4. The molecular weight excluding hydrogens is 320 g/mol. The van der Waals surface area contributed by atoms with Crippen molar-refractivity contribution >= 4 is 23.5 Å². The van der Waals surface area contributed by atoms with Gasteiger partial charge >= 0.3 is 0 Å². The van der Waals surface area contributed by atoms with Crippen molar-refractivity contribution in [2.24, 2.45) is 0 Å². The van der Waals surface area contributed by atoms with Gasteiger partial charge in [0.2, 0.25) is 9.79 Å². The van der Waals surface area contributed by atoms with E-state index in [1.165, 1.54) is 0 Å². The van der Waals surface area contributed by atoms with Crippen molar-refractivity contribution in [2.75, 3.05) is 28.4 Å². The summed E-state index contributed by atoms with van der Waals surface area (Å²) >= 11 is 3.38. The molecule has 0 atom stereocenters. The van der Waals surface area contributed by atoms with Crippen molar-refractivity contribution in [2.45, 2.75) is 19.6 Å². The second-order valence-electron chi connectivity index (χ2n) is 4.51. The van der Waals surface area contributed by atoms with Crippen LogP contribution in [-0.2, 0) is 11.8 Å². The number of methoxy groups -OCH3 is 4. The van der Waals surface area contributed by atoms with Gasteiger partial charge in [-0.1, -0.05) is 11.8 Å². The highest BCUT2D eigenvalue weighted by Gasteiger charge is 2.33. The molecule has 1 heterocycles. The van der Waals surface area contributed by atoms with E-state index in [1.54, 1.807) is 52.0 Å². The lowest BCUT2D eigenvalue weighted by Crippen LogP contribution is -2.01. The van der Waals surface area contributed by atoms with Crippen LogP contribution in [0.1, 0.15) is 0 Å². The quantitative estimate of drug-likeness (QED) is 0.677. The normalized spacial score (nSPS) is 12.2. The molecule has 1 aliphatic heterocycles. The molecule has 0 aromatic heterocycles. The Bertz CT molecular complexity index is 596. The minimum absolute atomic E-state index is 0.735. The van der Waals surface area contributed by atoms with Gasteiger partial charge in [-0.05, 0) is 0 Å². The summed E-state index contributed by atoms with van der Waals surface area (Å²) in [6.07, 6.45) is 0. The highest BCUT2D eigenvalue weighted by atomic mass is 32.2. The van der Waals surface area contributed by atoms with E-state index in [0.29, 0.717) is 0 Å². The Morgan fingerprint density at radius 3 is 1.36 bits per heavy atom. The standard InChI is InChI=1S/C16H16O4S2/c1-17-9-5-13-14(6-10(9)18-2)22-16-8-12(20-4)11(19-3)7-15(16)21-13/h5-8H,1-4H3/q+1. The summed E-state index contributed by atoms with van der Waals surface area (Å²) < 4.78 is 21.5. The number of hydrogen-bond donors (Lipinski definition) is 0. The average Bonchev–Trinajstić information content (AvgIpc) is 2.57. The molecular formula is C16H16O4S2+. The van der Waals surface area contributed by atoms with E-state index < -0.39 is 0 Å². The highest BCUT2D eigenvalue weighted by Crippen LogP contribution is 2.48. The maximum atomic E-state index is 5.38. The minimum Gasteiger partial charge on any atom is -0.493 e. The topological polar surface area (TPSA) is 36.9 Å². The lowest BCUT2D eigenvalue weighted by molar-refractivity contribution is 0.352. The van der Waals surface area contributed by atoms with Crippen LogP contribution in [-0.4, -0.2) is 28.4 Å². The van der Waals surface area contributed by atoms with Crippen LogP contribution in [0.2, 0.25) is 0 Å². The molecule has 22 heavy (non-hydrogen) atoms. The van der Waals surface area contributed by atoms with Crippen molar-refractivity contribution in [3.05, 3.63) is 24.3 Å². The van der Waals surface area contributed by atoms with Crippen LogP contribution in [0, 0.1) is 0 Å². The Morgan fingerprint density at radius 1 is 0.636 bits per heavy atom. The first-order valence-corrected chi connectivity index (χ1v) is 8.21. The minimum atomic E-state index is 0.735.